The van der Waals surface area contributed by atoms with Crippen LogP contribution in [0.5, 0.6) is 0 Å². The fraction of sp³-hybridized carbons (Fsp3) is 0.333. The molecule has 0 heterocycles. The quantitative estimate of drug-likeness (QED) is 0.486. The molecule has 0 fully saturated rings. The molecule has 0 radical (unpaired) electrons. The normalized spacial score (nSPS) is 21.9. The van der Waals surface area contributed by atoms with E-state index in [1.807, 2.05) is 0 Å². The van der Waals surface area contributed by atoms with Gasteiger partial charge in [0.25, 0.3) is 0 Å². The van der Waals surface area contributed by atoms with Crippen molar-refractivity contribution in [2.45, 2.75) is 52.4 Å². The highest BCUT2D eigenvalue weighted by Gasteiger charge is 2.11. The molecule has 0 aromatic carbocycles. The van der Waals surface area contributed by atoms with E-state index in [4.69, 9.17) is 0 Å². The Kier molecular flexibility index (Phi) is 5.69. The summed E-state index contributed by atoms with van der Waals surface area (Å²) in [6.45, 7) is 4.47. The lowest BCUT2D eigenvalue weighted by atomic mass is 9.87. The van der Waals surface area contributed by atoms with E-state index in [1.165, 1.54) is 65.5 Å². The summed E-state index contributed by atoms with van der Waals surface area (Å²) in [5.41, 5.74) is 8.80. The molecule has 0 bridgehead atoms. The topological polar surface area (TPSA) is 0 Å². The monoisotopic (exact) mass is 316 g/mol. The van der Waals surface area contributed by atoms with Crippen molar-refractivity contribution in [3.63, 3.8) is 0 Å². The minimum atomic E-state index is 1.16. The molecule has 0 saturated carbocycles. The Morgan fingerprint density at radius 3 is 1.83 bits per heavy atom. The Hall–Kier alpha value is -2.08. The lowest BCUT2D eigenvalue weighted by Gasteiger charge is -2.18. The molecule has 3 rings (SSSR count). The Morgan fingerprint density at radius 1 is 0.667 bits per heavy atom. The van der Waals surface area contributed by atoms with Gasteiger partial charge in [0.05, 0.1) is 0 Å². The van der Waals surface area contributed by atoms with Crippen LogP contribution >= 0.6 is 0 Å². The minimum absolute atomic E-state index is 1.16. The van der Waals surface area contributed by atoms with E-state index in [0.717, 1.165) is 6.42 Å². The maximum absolute atomic E-state index is 2.34. The predicted molar refractivity (Wildman–Crippen MR) is 106 cm³/mol. The highest BCUT2D eigenvalue weighted by atomic mass is 14.2. The Balaban J connectivity index is 1.70. The molecule has 0 spiro atoms. The average molecular weight is 316 g/mol. The van der Waals surface area contributed by atoms with Crippen molar-refractivity contribution in [2.24, 2.45) is 0 Å². The van der Waals surface area contributed by atoms with Crippen molar-refractivity contribution in [3.05, 3.63) is 94.2 Å². The van der Waals surface area contributed by atoms with Crippen molar-refractivity contribution in [2.75, 3.05) is 0 Å². The first-order chi connectivity index (χ1) is 11.7. The van der Waals surface area contributed by atoms with Crippen LogP contribution in [0.15, 0.2) is 94.2 Å². The van der Waals surface area contributed by atoms with Gasteiger partial charge in [0.2, 0.25) is 0 Å². The van der Waals surface area contributed by atoms with Gasteiger partial charge in [0.1, 0.15) is 0 Å². The van der Waals surface area contributed by atoms with Crippen LogP contribution in [0, 0.1) is 0 Å². The van der Waals surface area contributed by atoms with Crippen LogP contribution in [-0.4, -0.2) is 0 Å². The van der Waals surface area contributed by atoms with E-state index in [1.54, 1.807) is 0 Å². The third-order valence-electron chi connectivity index (χ3n) is 5.19. The molecule has 0 N–H and O–H groups in total. The van der Waals surface area contributed by atoms with Gasteiger partial charge in [-0.05, 0) is 85.8 Å². The van der Waals surface area contributed by atoms with E-state index in [2.05, 4.69) is 74.6 Å². The van der Waals surface area contributed by atoms with Crippen LogP contribution in [0.1, 0.15) is 52.4 Å². The highest BCUT2D eigenvalue weighted by Crippen LogP contribution is 2.31. The van der Waals surface area contributed by atoms with Crippen LogP contribution in [0.4, 0.5) is 0 Å². The molecule has 0 amide bonds. The van der Waals surface area contributed by atoms with E-state index >= 15 is 0 Å². The van der Waals surface area contributed by atoms with E-state index in [-0.39, 0.29) is 0 Å². The third kappa shape index (κ3) is 4.26. The van der Waals surface area contributed by atoms with Gasteiger partial charge in [0.15, 0.2) is 0 Å². The van der Waals surface area contributed by atoms with Crippen molar-refractivity contribution in [1.29, 1.82) is 0 Å². The predicted octanol–water partition coefficient (Wildman–Crippen LogP) is 7.08. The van der Waals surface area contributed by atoms with Crippen LogP contribution in [0.2, 0.25) is 0 Å². The SMILES string of the molecule is C/C(=C\C=C(/C)C1=CC=C(C2=CC=CCC2)CC1)C1=CC=CCC1. The Morgan fingerprint density at radius 2 is 1.29 bits per heavy atom. The van der Waals surface area contributed by atoms with Gasteiger partial charge in [-0.2, -0.15) is 0 Å². The maximum Gasteiger partial charge on any atom is -0.0235 e. The van der Waals surface area contributed by atoms with Crippen LogP contribution in [0.25, 0.3) is 0 Å². The second-order valence-electron chi connectivity index (χ2n) is 6.90. The molecule has 0 aliphatic heterocycles. The van der Waals surface area contributed by atoms with Gasteiger partial charge in [-0.25, -0.2) is 0 Å². The zero-order valence-electron chi connectivity index (χ0n) is 15.0. The number of hydrogen-bond donors (Lipinski definition) is 0. The largest absolute Gasteiger partial charge is 0.0842 e. The molecule has 0 atom stereocenters. The van der Waals surface area contributed by atoms with Crippen LogP contribution < -0.4 is 0 Å². The van der Waals surface area contributed by atoms with Gasteiger partial charge in [-0.3, -0.25) is 0 Å². The molecule has 0 aromatic heterocycles. The fourth-order valence-corrected chi connectivity index (χ4v) is 3.50. The summed E-state index contributed by atoms with van der Waals surface area (Å²) in [6, 6.07) is 0. The summed E-state index contributed by atoms with van der Waals surface area (Å²) in [5.74, 6) is 0. The van der Waals surface area contributed by atoms with Crippen LogP contribution in [-0.2, 0) is 0 Å². The lowest BCUT2D eigenvalue weighted by molar-refractivity contribution is 0.873. The first-order valence-electron chi connectivity index (χ1n) is 9.21. The maximum atomic E-state index is 2.34. The second-order valence-corrected chi connectivity index (χ2v) is 6.90. The average Bonchev–Trinajstić information content (AvgIpc) is 2.67. The van der Waals surface area contributed by atoms with Gasteiger partial charge < -0.3 is 0 Å². The standard InChI is InChI=1S/C24H28/c1-19(21-9-5-3-6-10-21)13-14-20(2)22-15-17-24(18-16-22)23-11-7-4-8-12-23/h3-5,7,9,11,13-15,17H,6,8,10,12,16,18H2,1-2H3/b19-13+,20-14+. The van der Waals surface area contributed by atoms with Gasteiger partial charge in [0, 0.05) is 0 Å². The fourth-order valence-electron chi connectivity index (χ4n) is 3.50. The Bertz CT molecular complexity index is 724. The smallest absolute Gasteiger partial charge is 0.0235 e. The summed E-state index contributed by atoms with van der Waals surface area (Å²) in [7, 11) is 0. The highest BCUT2D eigenvalue weighted by molar-refractivity contribution is 5.46. The number of rotatable bonds is 4. The Labute approximate surface area is 147 Å². The lowest BCUT2D eigenvalue weighted by Crippen LogP contribution is -1.99. The molecule has 0 aromatic rings. The van der Waals surface area contributed by atoms with Crippen LogP contribution in [0.3, 0.4) is 0 Å². The molecule has 124 valence electrons. The summed E-state index contributed by atoms with van der Waals surface area (Å²) in [6.07, 6.45) is 29.7. The second kappa shape index (κ2) is 8.15. The van der Waals surface area contributed by atoms with Crippen molar-refractivity contribution in [3.8, 4) is 0 Å². The van der Waals surface area contributed by atoms with Gasteiger partial charge >= 0.3 is 0 Å². The molecule has 0 heteroatoms. The molecule has 0 saturated heterocycles. The molecule has 3 aliphatic carbocycles. The summed E-state index contributed by atoms with van der Waals surface area (Å²) >= 11 is 0. The molecule has 24 heavy (non-hydrogen) atoms. The minimum Gasteiger partial charge on any atom is -0.0842 e. The van der Waals surface area contributed by atoms with Crippen molar-refractivity contribution >= 4 is 0 Å². The van der Waals surface area contributed by atoms with E-state index < -0.39 is 0 Å². The first kappa shape index (κ1) is 16.8. The van der Waals surface area contributed by atoms with Crippen molar-refractivity contribution in [1.82, 2.24) is 0 Å². The number of allylic oxidation sites excluding steroid dienone is 16. The van der Waals surface area contributed by atoms with Gasteiger partial charge in [-0.1, -0.05) is 60.8 Å². The molecule has 3 aliphatic rings. The van der Waals surface area contributed by atoms with E-state index in [0.29, 0.717) is 0 Å². The summed E-state index contributed by atoms with van der Waals surface area (Å²) in [4.78, 5) is 0. The zero-order chi connectivity index (χ0) is 16.8. The molecule has 0 unspecified atom stereocenters. The zero-order valence-corrected chi connectivity index (χ0v) is 15.0. The third-order valence-corrected chi connectivity index (χ3v) is 5.19. The van der Waals surface area contributed by atoms with Crippen molar-refractivity contribution < 1.29 is 0 Å². The first-order valence-corrected chi connectivity index (χ1v) is 9.21. The van der Waals surface area contributed by atoms with E-state index in [9.17, 15) is 0 Å². The number of hydrogen-bond acceptors (Lipinski definition) is 0. The van der Waals surface area contributed by atoms with Gasteiger partial charge in [-0.15, -0.1) is 0 Å². The molecule has 0 nitrogen and oxygen atoms in total. The molecular formula is C24H28. The summed E-state index contributed by atoms with van der Waals surface area (Å²) < 4.78 is 0. The molecular weight excluding hydrogens is 288 g/mol. The summed E-state index contributed by atoms with van der Waals surface area (Å²) in [5, 5.41) is 0.